The van der Waals surface area contributed by atoms with E-state index in [1.54, 1.807) is 18.2 Å². The van der Waals surface area contributed by atoms with Crippen LogP contribution in [0, 0.1) is 17.1 Å². The van der Waals surface area contributed by atoms with Gasteiger partial charge in [-0.05, 0) is 17.7 Å². The van der Waals surface area contributed by atoms with E-state index in [4.69, 9.17) is 22.4 Å². The predicted octanol–water partition coefficient (Wildman–Crippen LogP) is 4.44. The van der Waals surface area contributed by atoms with Crippen LogP contribution in [-0.4, -0.2) is 11.2 Å². The van der Waals surface area contributed by atoms with E-state index >= 15 is 0 Å². The van der Waals surface area contributed by atoms with Crippen LogP contribution in [0.5, 0.6) is 0 Å². The van der Waals surface area contributed by atoms with E-state index in [0.29, 0.717) is 0 Å². The molecule has 6 nitrogen and oxygen atoms in total. The highest BCUT2D eigenvalue weighted by molar-refractivity contribution is 6.33. The normalized spacial score (nSPS) is 10.1. The summed E-state index contributed by atoms with van der Waals surface area (Å²) < 4.78 is 13.5. The van der Waals surface area contributed by atoms with Crippen molar-refractivity contribution >= 4 is 29.2 Å². The average Bonchev–Trinajstić information content (AvgIpc) is 2.48. The van der Waals surface area contributed by atoms with Gasteiger partial charge in [0.25, 0.3) is 0 Å². The van der Waals surface area contributed by atoms with Gasteiger partial charge >= 0.3 is 0 Å². The zero-order chi connectivity index (χ0) is 15.2. The van der Waals surface area contributed by atoms with Crippen molar-refractivity contribution in [1.29, 1.82) is 5.26 Å². The molecule has 8 heteroatoms. The van der Waals surface area contributed by atoms with Crippen molar-refractivity contribution in [2.75, 3.05) is 0 Å². The molecular weight excluding hydrogens is 295 g/mol. The van der Waals surface area contributed by atoms with Crippen molar-refractivity contribution < 1.29 is 4.39 Å². The van der Waals surface area contributed by atoms with Gasteiger partial charge < -0.3 is 0 Å². The Bertz CT molecular complexity index is 805. The summed E-state index contributed by atoms with van der Waals surface area (Å²) in [7, 11) is 0. The summed E-state index contributed by atoms with van der Waals surface area (Å²) in [5.74, 6) is -0.767. The molecule has 0 saturated carbocycles. The lowest BCUT2D eigenvalue weighted by Crippen LogP contribution is -1.89. The maximum atomic E-state index is 13.5. The van der Waals surface area contributed by atoms with Crippen LogP contribution in [0.1, 0.15) is 11.1 Å². The predicted molar refractivity (Wildman–Crippen MR) is 76.4 cm³/mol. The fourth-order valence-corrected chi connectivity index (χ4v) is 1.78. The Morgan fingerprint density at radius 2 is 2.19 bits per heavy atom. The lowest BCUT2D eigenvalue weighted by atomic mass is 10.2. The number of benzene rings is 1. The Labute approximate surface area is 123 Å². The summed E-state index contributed by atoms with van der Waals surface area (Å²) >= 11 is 5.97. The minimum Gasteiger partial charge on any atom is -0.261 e. The lowest BCUT2D eigenvalue weighted by molar-refractivity contribution is 0.623. The van der Waals surface area contributed by atoms with Crippen LogP contribution in [0.25, 0.3) is 10.4 Å². The molecule has 0 amide bonds. The van der Waals surface area contributed by atoms with Gasteiger partial charge in [0, 0.05) is 22.9 Å². The number of nitriles is 1. The first-order chi connectivity index (χ1) is 10.2. The highest BCUT2D eigenvalue weighted by Crippen LogP contribution is 2.29. The van der Waals surface area contributed by atoms with Gasteiger partial charge in [-0.1, -0.05) is 22.8 Å². The smallest absolute Gasteiger partial charge is 0.151 e. The Morgan fingerprint density at radius 1 is 1.38 bits per heavy atom. The van der Waals surface area contributed by atoms with Crippen molar-refractivity contribution in [2.24, 2.45) is 10.1 Å². The van der Waals surface area contributed by atoms with Gasteiger partial charge in [-0.15, -0.1) is 0 Å². The van der Waals surface area contributed by atoms with Crippen LogP contribution < -0.4 is 0 Å². The number of rotatable bonds is 3. The zero-order valence-electron chi connectivity index (χ0n) is 10.4. The van der Waals surface area contributed by atoms with E-state index in [0.717, 1.165) is 6.20 Å². The summed E-state index contributed by atoms with van der Waals surface area (Å²) in [6.07, 6.45) is 3.46. The highest BCUT2D eigenvalue weighted by atomic mass is 35.5. The van der Waals surface area contributed by atoms with Crippen molar-refractivity contribution in [3.63, 3.8) is 0 Å². The first-order valence-electron chi connectivity index (χ1n) is 5.58. The van der Waals surface area contributed by atoms with Crippen molar-refractivity contribution in [2.45, 2.75) is 0 Å². The van der Waals surface area contributed by atoms with Crippen LogP contribution >= 0.6 is 11.6 Å². The summed E-state index contributed by atoms with van der Waals surface area (Å²) in [4.78, 5) is 10.3. The maximum Gasteiger partial charge on any atom is 0.151 e. The molecule has 102 valence electrons. The number of hydrogen-bond donors (Lipinski definition) is 0. The molecule has 0 radical (unpaired) electrons. The summed E-state index contributed by atoms with van der Waals surface area (Å²) in [6.45, 7) is 0. The molecule has 0 saturated heterocycles. The van der Waals surface area contributed by atoms with Gasteiger partial charge in [-0.2, -0.15) is 5.26 Å². The fourth-order valence-electron chi connectivity index (χ4n) is 1.56. The van der Waals surface area contributed by atoms with Crippen molar-refractivity contribution in [3.05, 3.63) is 63.0 Å². The van der Waals surface area contributed by atoms with Crippen LogP contribution in [0.3, 0.4) is 0 Å². The minimum absolute atomic E-state index is 0.177. The number of pyridine rings is 1. The number of azide groups is 1. The first-order valence-corrected chi connectivity index (χ1v) is 5.96. The molecule has 0 aliphatic carbocycles. The third-order valence-corrected chi connectivity index (χ3v) is 2.79. The van der Waals surface area contributed by atoms with E-state index in [1.807, 2.05) is 6.07 Å². The summed E-state index contributed by atoms with van der Waals surface area (Å²) in [5, 5.41) is 12.5. The molecule has 0 aliphatic heterocycles. The molecule has 0 unspecified atom stereocenters. The second-order valence-corrected chi connectivity index (χ2v) is 4.16. The molecule has 1 heterocycles. The Kier molecular flexibility index (Phi) is 4.46. The molecule has 21 heavy (non-hydrogen) atoms. The molecule has 0 N–H and O–H groups in total. The molecule has 0 bridgehead atoms. The largest absolute Gasteiger partial charge is 0.261 e. The second-order valence-electron chi connectivity index (χ2n) is 3.75. The highest BCUT2D eigenvalue weighted by Gasteiger charge is 2.08. The quantitative estimate of drug-likeness (QED) is 0.362. The van der Waals surface area contributed by atoms with E-state index in [-0.39, 0.29) is 27.5 Å². The minimum atomic E-state index is -0.767. The van der Waals surface area contributed by atoms with Crippen molar-refractivity contribution in [3.8, 4) is 6.07 Å². The monoisotopic (exact) mass is 300 g/mol. The van der Waals surface area contributed by atoms with E-state index < -0.39 is 5.82 Å². The van der Waals surface area contributed by atoms with Crippen LogP contribution in [-0.2, 0) is 0 Å². The van der Waals surface area contributed by atoms with Crippen LogP contribution in [0.15, 0.2) is 40.7 Å². The van der Waals surface area contributed by atoms with E-state index in [9.17, 15) is 4.39 Å². The van der Waals surface area contributed by atoms with Crippen LogP contribution in [0.2, 0.25) is 5.02 Å². The maximum absolute atomic E-state index is 13.5. The molecule has 0 spiro atoms. The number of para-hydroxylation sites is 1. The van der Waals surface area contributed by atoms with E-state index in [2.05, 4.69) is 20.0 Å². The van der Waals surface area contributed by atoms with Gasteiger partial charge in [0.05, 0.1) is 28.2 Å². The van der Waals surface area contributed by atoms with Crippen molar-refractivity contribution in [1.82, 2.24) is 4.98 Å². The summed E-state index contributed by atoms with van der Waals surface area (Å²) in [5.41, 5.74) is 8.92. The lowest BCUT2D eigenvalue weighted by Gasteiger charge is -2.02. The number of nitrogens with zero attached hydrogens (tertiary/aromatic N) is 6. The van der Waals surface area contributed by atoms with Gasteiger partial charge in [0.1, 0.15) is 6.07 Å². The Balaban J connectivity index is 2.51. The zero-order valence-corrected chi connectivity index (χ0v) is 11.2. The molecular formula is C13H6ClFN6. The third-order valence-electron chi connectivity index (χ3n) is 2.49. The average molecular weight is 301 g/mol. The number of aromatic nitrogens is 1. The van der Waals surface area contributed by atoms with Gasteiger partial charge in [-0.25, -0.2) is 4.39 Å². The third kappa shape index (κ3) is 3.15. The Morgan fingerprint density at radius 3 is 2.90 bits per heavy atom. The molecule has 2 rings (SSSR count). The molecule has 0 aliphatic rings. The SMILES string of the molecule is N#Cc1cccc(Cl)c1N=Cc1cncc(F)c1N=[N+]=[N-]. The van der Waals surface area contributed by atoms with Gasteiger partial charge in [0.15, 0.2) is 5.82 Å². The standard InChI is InChI=1S/C13H6ClFN6/c14-10-3-1-2-8(4-16)12(10)19-6-9-5-18-7-11(15)13(9)20-21-17/h1-3,5-7H. The fraction of sp³-hybridized carbons (Fsp3) is 0. The van der Waals surface area contributed by atoms with E-state index in [1.165, 1.54) is 12.4 Å². The Hall–Kier alpha value is -2.94. The first kappa shape index (κ1) is 14.5. The topological polar surface area (TPSA) is 97.8 Å². The van der Waals surface area contributed by atoms with Crippen LogP contribution in [0.4, 0.5) is 15.8 Å². The molecule has 2 aromatic rings. The van der Waals surface area contributed by atoms with Gasteiger partial charge in [0.2, 0.25) is 0 Å². The number of hydrogen-bond acceptors (Lipinski definition) is 4. The molecule has 1 aromatic heterocycles. The molecule has 0 atom stereocenters. The summed E-state index contributed by atoms with van der Waals surface area (Å²) in [6, 6.07) is 6.70. The second kappa shape index (κ2) is 6.48. The van der Waals surface area contributed by atoms with Gasteiger partial charge in [-0.3, -0.25) is 9.98 Å². The molecule has 1 aromatic carbocycles. The molecule has 0 fully saturated rings. The number of aliphatic imine (C=N–C) groups is 1. The number of halogens is 2.